The van der Waals surface area contributed by atoms with Crippen LogP contribution in [0.4, 0.5) is 0 Å². The first-order valence-corrected chi connectivity index (χ1v) is 6.56. The molecule has 122 valence electrons. The number of carbonyl (C=O) groups excluding carboxylic acids is 2. The first-order valence-electron chi connectivity index (χ1n) is 6.56. The highest BCUT2D eigenvalue weighted by Gasteiger charge is 2.37. The fourth-order valence-corrected chi connectivity index (χ4v) is 2.03. The van der Waals surface area contributed by atoms with Gasteiger partial charge in [0.1, 0.15) is 5.60 Å². The average molecular weight is 311 g/mol. The van der Waals surface area contributed by atoms with E-state index in [2.05, 4.69) is 9.72 Å². The fourth-order valence-electron chi connectivity index (χ4n) is 2.03. The lowest BCUT2D eigenvalue weighted by molar-refractivity contribution is -0.123. The van der Waals surface area contributed by atoms with Gasteiger partial charge in [0.15, 0.2) is 12.0 Å². The molecular weight excluding hydrogens is 290 g/mol. The van der Waals surface area contributed by atoms with Gasteiger partial charge in [-0.25, -0.2) is 9.78 Å². The molecule has 0 aliphatic rings. The molecule has 0 bridgehead atoms. The molecule has 7 heteroatoms. The second kappa shape index (κ2) is 6.41. The van der Waals surface area contributed by atoms with E-state index in [4.69, 9.17) is 9.47 Å². The van der Waals surface area contributed by atoms with E-state index in [0.29, 0.717) is 11.8 Å². The summed E-state index contributed by atoms with van der Waals surface area (Å²) in [6.45, 7) is 4.77. The molecule has 0 aliphatic heterocycles. The number of aliphatic hydroxyl groups is 1. The number of aldehydes is 1. The molecule has 0 spiro atoms. The third-order valence-electron chi connectivity index (χ3n) is 3.46. The van der Waals surface area contributed by atoms with Crippen molar-refractivity contribution in [3.05, 3.63) is 22.9 Å². The molecule has 0 radical (unpaired) electrons. The Morgan fingerprint density at radius 2 is 1.86 bits per heavy atom. The Labute approximate surface area is 129 Å². The number of rotatable bonds is 6. The molecule has 1 heterocycles. The van der Waals surface area contributed by atoms with Crippen molar-refractivity contribution in [1.29, 1.82) is 0 Å². The Hall–Kier alpha value is -1.99. The van der Waals surface area contributed by atoms with E-state index in [1.54, 1.807) is 13.8 Å². The fraction of sp³-hybridized carbons (Fsp3) is 0.533. The number of carbonyl (C=O) groups is 2. The molecule has 7 nitrogen and oxygen atoms in total. The SMILES string of the molecule is COC(=O)c1cc(C(C)(O)C=O)c(C(C)(C)OC)c(OC)n1. The topological polar surface area (TPSA) is 95.0 Å². The second-order valence-electron chi connectivity index (χ2n) is 5.41. The van der Waals surface area contributed by atoms with Crippen molar-refractivity contribution in [2.75, 3.05) is 21.3 Å². The zero-order chi connectivity index (χ0) is 17.1. The lowest BCUT2D eigenvalue weighted by atomic mass is 9.85. The van der Waals surface area contributed by atoms with Crippen LogP contribution in [0.3, 0.4) is 0 Å². The molecule has 0 aliphatic carbocycles. The highest BCUT2D eigenvalue weighted by molar-refractivity contribution is 5.88. The van der Waals surface area contributed by atoms with Gasteiger partial charge < -0.3 is 19.3 Å². The molecular formula is C15H21NO6. The van der Waals surface area contributed by atoms with Crippen molar-refractivity contribution >= 4 is 12.3 Å². The summed E-state index contributed by atoms with van der Waals surface area (Å²) < 4.78 is 15.3. The zero-order valence-corrected chi connectivity index (χ0v) is 13.6. The van der Waals surface area contributed by atoms with Crippen LogP contribution in [-0.2, 0) is 25.5 Å². The van der Waals surface area contributed by atoms with Crippen LogP contribution in [0.2, 0.25) is 0 Å². The summed E-state index contributed by atoms with van der Waals surface area (Å²) >= 11 is 0. The molecule has 0 aromatic carbocycles. The molecule has 1 aromatic heterocycles. The molecule has 1 atom stereocenters. The van der Waals surface area contributed by atoms with Gasteiger partial charge >= 0.3 is 5.97 Å². The number of methoxy groups -OCH3 is 3. The van der Waals surface area contributed by atoms with Crippen molar-refractivity contribution in [3.8, 4) is 5.88 Å². The van der Waals surface area contributed by atoms with Gasteiger partial charge in [-0.15, -0.1) is 0 Å². The Morgan fingerprint density at radius 3 is 2.27 bits per heavy atom. The lowest BCUT2D eigenvalue weighted by Crippen LogP contribution is -2.32. The van der Waals surface area contributed by atoms with Gasteiger partial charge in [0.05, 0.1) is 25.4 Å². The maximum Gasteiger partial charge on any atom is 0.356 e. The van der Waals surface area contributed by atoms with E-state index in [-0.39, 0.29) is 17.1 Å². The highest BCUT2D eigenvalue weighted by Crippen LogP contribution is 2.38. The normalized spacial score (nSPS) is 14.1. The molecule has 0 fully saturated rings. The van der Waals surface area contributed by atoms with Crippen LogP contribution < -0.4 is 4.74 Å². The van der Waals surface area contributed by atoms with Gasteiger partial charge in [0.2, 0.25) is 5.88 Å². The van der Waals surface area contributed by atoms with Crippen LogP contribution in [0.15, 0.2) is 6.07 Å². The molecule has 1 unspecified atom stereocenters. The predicted molar refractivity (Wildman–Crippen MR) is 77.8 cm³/mol. The van der Waals surface area contributed by atoms with E-state index in [9.17, 15) is 14.7 Å². The summed E-state index contributed by atoms with van der Waals surface area (Å²) in [7, 11) is 4.06. The number of esters is 1. The Morgan fingerprint density at radius 1 is 1.27 bits per heavy atom. The number of hydrogen-bond acceptors (Lipinski definition) is 7. The summed E-state index contributed by atoms with van der Waals surface area (Å²) in [5.41, 5.74) is -2.28. The summed E-state index contributed by atoms with van der Waals surface area (Å²) in [4.78, 5) is 27.1. The molecule has 22 heavy (non-hydrogen) atoms. The number of ether oxygens (including phenoxy) is 3. The maximum atomic E-state index is 11.7. The Bertz CT molecular complexity index is 580. The summed E-state index contributed by atoms with van der Waals surface area (Å²) in [5, 5.41) is 10.4. The van der Waals surface area contributed by atoms with Gasteiger partial charge in [-0.1, -0.05) is 0 Å². The lowest BCUT2D eigenvalue weighted by Gasteiger charge is -2.31. The van der Waals surface area contributed by atoms with Gasteiger partial charge in [-0.3, -0.25) is 4.79 Å². The minimum atomic E-state index is -1.84. The molecule has 1 aromatic rings. The van der Waals surface area contributed by atoms with Crippen molar-refractivity contribution in [2.45, 2.75) is 32.0 Å². The number of aromatic nitrogens is 1. The van der Waals surface area contributed by atoms with Crippen molar-refractivity contribution in [2.24, 2.45) is 0 Å². The minimum Gasteiger partial charge on any atom is -0.481 e. The Balaban J connectivity index is 3.80. The summed E-state index contributed by atoms with van der Waals surface area (Å²) in [5.74, 6) is -0.630. The van der Waals surface area contributed by atoms with Crippen LogP contribution >= 0.6 is 0 Å². The highest BCUT2D eigenvalue weighted by atomic mass is 16.5. The standard InChI is InChI=1S/C15H21NO6/c1-14(2,22-6)11-9(15(3,19)8-17)7-10(13(18)21-5)16-12(11)20-4/h7-8,19H,1-6H3. The van der Waals surface area contributed by atoms with Crippen LogP contribution in [0.1, 0.15) is 42.4 Å². The van der Waals surface area contributed by atoms with Crippen LogP contribution in [0, 0.1) is 0 Å². The molecule has 1 rings (SSSR count). The van der Waals surface area contributed by atoms with Gasteiger partial charge in [-0.05, 0) is 26.8 Å². The average Bonchev–Trinajstić information content (AvgIpc) is 2.52. The third-order valence-corrected chi connectivity index (χ3v) is 3.46. The minimum absolute atomic E-state index is 0.0758. The van der Waals surface area contributed by atoms with Crippen molar-refractivity contribution in [3.63, 3.8) is 0 Å². The van der Waals surface area contributed by atoms with E-state index in [1.165, 1.54) is 34.3 Å². The summed E-state index contributed by atoms with van der Waals surface area (Å²) in [6.07, 6.45) is 0.373. The van der Waals surface area contributed by atoms with Crippen molar-refractivity contribution < 1.29 is 28.9 Å². The van der Waals surface area contributed by atoms with Gasteiger partial charge in [-0.2, -0.15) is 0 Å². The number of hydrogen-bond donors (Lipinski definition) is 1. The first kappa shape index (κ1) is 18.1. The van der Waals surface area contributed by atoms with E-state index in [0.717, 1.165) is 0 Å². The molecule has 0 saturated heterocycles. The quantitative estimate of drug-likeness (QED) is 0.622. The second-order valence-corrected chi connectivity index (χ2v) is 5.41. The molecule has 0 saturated carbocycles. The van der Waals surface area contributed by atoms with Gasteiger partial charge in [0.25, 0.3) is 0 Å². The Kier molecular flexibility index (Phi) is 5.26. The smallest absolute Gasteiger partial charge is 0.356 e. The van der Waals surface area contributed by atoms with E-state index >= 15 is 0 Å². The summed E-state index contributed by atoms with van der Waals surface area (Å²) in [6, 6.07) is 1.30. The molecule has 0 amide bonds. The van der Waals surface area contributed by atoms with E-state index < -0.39 is 17.2 Å². The van der Waals surface area contributed by atoms with Crippen LogP contribution in [-0.4, -0.2) is 43.7 Å². The maximum absolute atomic E-state index is 11.7. The monoisotopic (exact) mass is 311 g/mol. The van der Waals surface area contributed by atoms with Gasteiger partial charge in [0, 0.05) is 12.7 Å². The number of nitrogens with zero attached hydrogens (tertiary/aromatic N) is 1. The van der Waals surface area contributed by atoms with E-state index in [1.807, 2.05) is 0 Å². The largest absolute Gasteiger partial charge is 0.481 e. The first-order chi connectivity index (χ1) is 10.1. The van der Waals surface area contributed by atoms with Crippen LogP contribution in [0.5, 0.6) is 5.88 Å². The molecule has 1 N–H and O–H groups in total. The third kappa shape index (κ3) is 3.26. The van der Waals surface area contributed by atoms with Crippen LogP contribution in [0.25, 0.3) is 0 Å². The van der Waals surface area contributed by atoms with Crippen molar-refractivity contribution in [1.82, 2.24) is 4.98 Å². The zero-order valence-electron chi connectivity index (χ0n) is 13.6. The predicted octanol–water partition coefficient (Wildman–Crippen LogP) is 1.16. The number of pyridine rings is 1.